The van der Waals surface area contributed by atoms with Gasteiger partial charge in [-0.2, -0.15) is 4.31 Å². The summed E-state index contributed by atoms with van der Waals surface area (Å²) >= 11 is 0. The van der Waals surface area contributed by atoms with E-state index in [4.69, 9.17) is 4.74 Å². The third kappa shape index (κ3) is 5.20. The number of sulfonamides is 1. The summed E-state index contributed by atoms with van der Waals surface area (Å²) in [5, 5.41) is 0. The van der Waals surface area contributed by atoms with Gasteiger partial charge in [-0.3, -0.25) is 9.59 Å². The average Bonchev–Trinajstić information content (AvgIpc) is 3.68. The number of amides is 2. The van der Waals surface area contributed by atoms with Gasteiger partial charge in [-0.1, -0.05) is 18.2 Å². The monoisotopic (exact) mass is 471 g/mol. The van der Waals surface area contributed by atoms with Crippen LogP contribution in [0.3, 0.4) is 0 Å². The minimum absolute atomic E-state index is 0.0586. The summed E-state index contributed by atoms with van der Waals surface area (Å²) in [6.07, 6.45) is 1.89. The number of rotatable bonds is 7. The molecule has 1 heterocycles. The molecule has 2 amide bonds. The van der Waals surface area contributed by atoms with E-state index >= 15 is 0 Å². The lowest BCUT2D eigenvalue weighted by Gasteiger charge is -2.33. The number of ether oxygens (including phenoxy) is 1. The Morgan fingerprint density at radius 2 is 1.70 bits per heavy atom. The number of benzene rings is 2. The molecule has 0 radical (unpaired) electrons. The predicted octanol–water partition coefficient (Wildman–Crippen LogP) is 2.35. The number of hydrogen-bond acceptors (Lipinski definition) is 5. The molecule has 9 heteroatoms. The lowest BCUT2D eigenvalue weighted by molar-refractivity contribution is -0.129. The van der Waals surface area contributed by atoms with Gasteiger partial charge in [0.05, 0.1) is 12.0 Å². The molecular weight excluding hydrogens is 442 g/mol. The number of hydrogen-bond donors (Lipinski definition) is 0. The number of piperazine rings is 1. The van der Waals surface area contributed by atoms with Crippen molar-refractivity contribution in [2.45, 2.75) is 37.2 Å². The Balaban J connectivity index is 1.52. The molecular formula is C24H29N3O5S. The molecule has 0 spiro atoms. The molecule has 0 unspecified atom stereocenters. The highest BCUT2D eigenvalue weighted by molar-refractivity contribution is 7.89. The predicted molar refractivity (Wildman–Crippen MR) is 123 cm³/mol. The van der Waals surface area contributed by atoms with Crippen LogP contribution in [-0.4, -0.2) is 73.7 Å². The highest BCUT2D eigenvalue weighted by Gasteiger charge is 2.34. The van der Waals surface area contributed by atoms with Crippen molar-refractivity contribution in [3.8, 4) is 5.75 Å². The Hall–Kier alpha value is -2.91. The molecule has 4 rings (SSSR count). The lowest BCUT2D eigenvalue weighted by atomic mass is 10.1. The molecule has 1 aliphatic heterocycles. The summed E-state index contributed by atoms with van der Waals surface area (Å²) in [4.78, 5) is 28.5. The fourth-order valence-corrected chi connectivity index (χ4v) is 5.50. The van der Waals surface area contributed by atoms with Crippen LogP contribution in [0.25, 0.3) is 0 Å². The fourth-order valence-electron chi connectivity index (χ4n) is 4.03. The third-order valence-electron chi connectivity index (χ3n) is 6.16. The molecule has 176 valence electrons. The normalized spacial score (nSPS) is 17.0. The van der Waals surface area contributed by atoms with Gasteiger partial charge in [0.15, 0.2) is 0 Å². The molecule has 2 aromatic rings. The smallest absolute Gasteiger partial charge is 0.254 e. The number of carbonyl (C=O) groups is 2. The van der Waals surface area contributed by atoms with Gasteiger partial charge in [-0.15, -0.1) is 0 Å². The molecule has 8 nitrogen and oxygen atoms in total. The summed E-state index contributed by atoms with van der Waals surface area (Å²) < 4.78 is 33.0. The highest BCUT2D eigenvalue weighted by atomic mass is 32.2. The van der Waals surface area contributed by atoms with Crippen molar-refractivity contribution in [2.75, 3.05) is 33.3 Å². The van der Waals surface area contributed by atoms with E-state index < -0.39 is 10.0 Å². The van der Waals surface area contributed by atoms with Gasteiger partial charge in [0.2, 0.25) is 15.9 Å². The number of carbonyl (C=O) groups excluding carboxylic acids is 2. The van der Waals surface area contributed by atoms with Crippen LogP contribution < -0.4 is 4.74 Å². The second-order valence-electron chi connectivity index (χ2n) is 8.45. The highest BCUT2D eigenvalue weighted by Crippen LogP contribution is 2.31. The van der Waals surface area contributed by atoms with Crippen molar-refractivity contribution < 1.29 is 22.7 Å². The molecule has 0 bridgehead atoms. The first kappa shape index (κ1) is 23.3. The summed E-state index contributed by atoms with van der Waals surface area (Å²) in [6, 6.07) is 14.0. The first-order valence-corrected chi connectivity index (χ1v) is 12.5. The summed E-state index contributed by atoms with van der Waals surface area (Å²) in [7, 11) is -2.14. The topological polar surface area (TPSA) is 87.2 Å². The summed E-state index contributed by atoms with van der Waals surface area (Å²) in [6.45, 7) is 3.15. The van der Waals surface area contributed by atoms with Crippen LogP contribution in [0.15, 0.2) is 53.4 Å². The maximum atomic E-state index is 13.4. The second-order valence-corrected chi connectivity index (χ2v) is 10.4. The standard InChI is InChI=1S/C24H29N3O5S/c1-18(28)25-12-14-26(15-13-25)33(30,31)23-5-3-4-20(16-23)24(29)27(21-8-9-21)17-19-6-10-22(32-2)11-7-19/h3-7,10-11,16,21H,8-9,12-15,17H2,1-2H3. The van der Waals surface area contributed by atoms with E-state index in [0.717, 1.165) is 24.2 Å². The van der Waals surface area contributed by atoms with Gasteiger partial charge in [0, 0.05) is 51.3 Å². The molecule has 2 fully saturated rings. The third-order valence-corrected chi connectivity index (χ3v) is 8.06. The largest absolute Gasteiger partial charge is 0.497 e. The van der Waals surface area contributed by atoms with Crippen LogP contribution in [-0.2, 0) is 21.4 Å². The van der Waals surface area contributed by atoms with Gasteiger partial charge >= 0.3 is 0 Å². The Kier molecular flexibility index (Phi) is 6.71. The van der Waals surface area contributed by atoms with Crippen molar-refractivity contribution in [3.05, 3.63) is 59.7 Å². The summed E-state index contributed by atoms with van der Waals surface area (Å²) in [5.74, 6) is 0.522. The van der Waals surface area contributed by atoms with Gasteiger partial charge < -0.3 is 14.5 Å². The minimum Gasteiger partial charge on any atom is -0.497 e. The van der Waals surface area contributed by atoms with Crippen molar-refractivity contribution in [1.82, 2.24) is 14.1 Å². The number of nitrogens with zero attached hydrogens (tertiary/aromatic N) is 3. The van der Waals surface area contributed by atoms with E-state index in [1.165, 1.54) is 23.4 Å². The molecule has 1 aliphatic carbocycles. The molecule has 2 aliphatic rings. The van der Waals surface area contributed by atoms with Crippen LogP contribution in [0, 0.1) is 0 Å². The Labute approximate surface area is 194 Å². The van der Waals surface area contributed by atoms with Crippen LogP contribution in [0.5, 0.6) is 5.75 Å². The van der Waals surface area contributed by atoms with Crippen LogP contribution in [0.4, 0.5) is 0 Å². The fraction of sp³-hybridized carbons (Fsp3) is 0.417. The molecule has 2 aromatic carbocycles. The Morgan fingerprint density at radius 3 is 2.27 bits per heavy atom. The van der Waals surface area contributed by atoms with Crippen molar-refractivity contribution in [2.24, 2.45) is 0 Å². The average molecular weight is 472 g/mol. The molecule has 1 saturated carbocycles. The lowest BCUT2D eigenvalue weighted by Crippen LogP contribution is -2.49. The SMILES string of the molecule is COc1ccc(CN(C(=O)c2cccc(S(=O)(=O)N3CCN(C(C)=O)CC3)c2)C2CC2)cc1. The molecule has 1 saturated heterocycles. The van der Waals surface area contributed by atoms with Crippen LogP contribution >= 0.6 is 0 Å². The number of methoxy groups -OCH3 is 1. The van der Waals surface area contributed by atoms with E-state index in [1.807, 2.05) is 29.2 Å². The van der Waals surface area contributed by atoms with Crippen LogP contribution in [0.2, 0.25) is 0 Å². The minimum atomic E-state index is -3.75. The van der Waals surface area contributed by atoms with E-state index in [0.29, 0.717) is 25.2 Å². The quantitative estimate of drug-likeness (QED) is 0.619. The first-order valence-electron chi connectivity index (χ1n) is 11.1. The molecule has 0 N–H and O–H groups in total. The zero-order valence-electron chi connectivity index (χ0n) is 18.9. The maximum absolute atomic E-state index is 13.4. The van der Waals surface area contributed by atoms with Gasteiger partial charge in [0.25, 0.3) is 5.91 Å². The zero-order valence-corrected chi connectivity index (χ0v) is 19.8. The van der Waals surface area contributed by atoms with Crippen molar-refractivity contribution in [1.29, 1.82) is 0 Å². The van der Waals surface area contributed by atoms with E-state index in [9.17, 15) is 18.0 Å². The van der Waals surface area contributed by atoms with E-state index in [1.54, 1.807) is 24.1 Å². The Morgan fingerprint density at radius 1 is 1.03 bits per heavy atom. The van der Waals surface area contributed by atoms with Gasteiger partial charge in [-0.05, 0) is 48.7 Å². The molecule has 0 aromatic heterocycles. The van der Waals surface area contributed by atoms with Gasteiger partial charge in [0.1, 0.15) is 5.75 Å². The van der Waals surface area contributed by atoms with Crippen molar-refractivity contribution >= 4 is 21.8 Å². The molecule has 33 heavy (non-hydrogen) atoms. The van der Waals surface area contributed by atoms with Gasteiger partial charge in [-0.25, -0.2) is 8.42 Å². The van der Waals surface area contributed by atoms with Crippen molar-refractivity contribution in [3.63, 3.8) is 0 Å². The van der Waals surface area contributed by atoms with E-state index in [-0.39, 0.29) is 35.8 Å². The summed E-state index contributed by atoms with van der Waals surface area (Å²) in [5.41, 5.74) is 1.35. The zero-order chi connectivity index (χ0) is 23.6. The maximum Gasteiger partial charge on any atom is 0.254 e. The first-order chi connectivity index (χ1) is 15.8. The Bertz CT molecular complexity index is 1120. The van der Waals surface area contributed by atoms with Crippen LogP contribution in [0.1, 0.15) is 35.7 Å². The second kappa shape index (κ2) is 9.52. The van der Waals surface area contributed by atoms with E-state index in [2.05, 4.69) is 0 Å². The molecule has 0 atom stereocenters.